The maximum atomic E-state index is 10.7. The molecule has 0 N–H and O–H groups in total. The van der Waals surface area contributed by atoms with E-state index in [1.807, 2.05) is 0 Å². The summed E-state index contributed by atoms with van der Waals surface area (Å²) in [5.74, 6) is 0. The van der Waals surface area contributed by atoms with Crippen molar-refractivity contribution in [1.82, 2.24) is 9.55 Å². The van der Waals surface area contributed by atoms with Crippen molar-refractivity contribution >= 4 is 11.6 Å². The van der Waals surface area contributed by atoms with E-state index >= 15 is 0 Å². The first-order valence-electron chi connectivity index (χ1n) is 2.38. The first-order chi connectivity index (χ1) is 4.22. The molecule has 0 fully saturated rings. The second-order valence-electron chi connectivity index (χ2n) is 1.63. The summed E-state index contributed by atoms with van der Waals surface area (Å²) in [5, 5.41) is 0.350. The van der Waals surface area contributed by atoms with Gasteiger partial charge in [-0.25, -0.2) is 0 Å². The van der Waals surface area contributed by atoms with Gasteiger partial charge in [0.2, 0.25) is 0 Å². The maximum absolute atomic E-state index is 10.7. The first-order valence-corrected chi connectivity index (χ1v) is 2.76. The fourth-order valence-electron chi connectivity index (χ4n) is 0.441. The molecule has 0 atom stereocenters. The summed E-state index contributed by atoms with van der Waals surface area (Å²) < 4.78 is 1.31. The van der Waals surface area contributed by atoms with E-state index < -0.39 is 0 Å². The molecule has 0 spiro atoms. The molecule has 9 heavy (non-hydrogen) atoms. The predicted molar refractivity (Wildman–Crippen MR) is 34.5 cm³/mol. The topological polar surface area (TPSA) is 34.9 Å². The molecule has 0 unspecified atom stereocenters. The van der Waals surface area contributed by atoms with Crippen molar-refractivity contribution in [3.63, 3.8) is 0 Å². The van der Waals surface area contributed by atoms with E-state index in [1.165, 1.54) is 17.0 Å². The van der Waals surface area contributed by atoms with Crippen molar-refractivity contribution < 1.29 is 0 Å². The Hall–Kier alpha value is -0.830. The Labute approximate surface area is 56.9 Å². The van der Waals surface area contributed by atoms with Gasteiger partial charge in [-0.05, 0) is 0 Å². The molecule has 4 heteroatoms. The lowest BCUT2D eigenvalue weighted by molar-refractivity contribution is 0.842. The molecular weight excluding hydrogens is 140 g/mol. The van der Waals surface area contributed by atoms with Gasteiger partial charge >= 0.3 is 0 Å². The lowest BCUT2D eigenvalue weighted by atomic mass is 10.7. The van der Waals surface area contributed by atoms with Gasteiger partial charge in [-0.1, -0.05) is 11.6 Å². The minimum absolute atomic E-state index is 0.192. The van der Waals surface area contributed by atoms with Crippen LogP contribution in [0.25, 0.3) is 0 Å². The van der Waals surface area contributed by atoms with E-state index in [0.29, 0.717) is 5.15 Å². The summed E-state index contributed by atoms with van der Waals surface area (Å²) >= 11 is 5.51. The Morgan fingerprint density at radius 2 is 2.33 bits per heavy atom. The fraction of sp³-hybridized carbons (Fsp3) is 0.200. The highest BCUT2D eigenvalue weighted by atomic mass is 35.5. The molecule has 0 aliphatic rings. The monoisotopic (exact) mass is 144 g/mol. The summed E-state index contributed by atoms with van der Waals surface area (Å²) in [5.41, 5.74) is -0.192. The average Bonchev–Trinajstić information content (AvgIpc) is 1.83. The lowest BCUT2D eigenvalue weighted by Gasteiger charge is -1.95. The Balaban J connectivity index is 3.43. The van der Waals surface area contributed by atoms with Gasteiger partial charge in [-0.2, -0.15) is 0 Å². The second kappa shape index (κ2) is 2.19. The molecule has 48 valence electrons. The Morgan fingerprint density at radius 3 is 2.78 bits per heavy atom. The number of hydrogen-bond acceptors (Lipinski definition) is 2. The van der Waals surface area contributed by atoms with Crippen LogP contribution in [0.15, 0.2) is 17.2 Å². The van der Waals surface area contributed by atoms with Gasteiger partial charge in [0.05, 0.1) is 12.4 Å². The van der Waals surface area contributed by atoms with Crippen LogP contribution in [0.1, 0.15) is 0 Å². The molecule has 0 radical (unpaired) electrons. The standard InChI is InChI=1S/C5H5ClN2O/c1-8-4(6)2-7-3-5(8)9/h2-3H,1H3. The first kappa shape index (κ1) is 6.29. The van der Waals surface area contributed by atoms with Crippen LogP contribution in [0, 0.1) is 0 Å². The molecule has 0 aliphatic heterocycles. The van der Waals surface area contributed by atoms with E-state index in [9.17, 15) is 4.79 Å². The van der Waals surface area contributed by atoms with Crippen LogP contribution in [0.2, 0.25) is 5.15 Å². The van der Waals surface area contributed by atoms with Crippen molar-refractivity contribution in [2.45, 2.75) is 0 Å². The molecule has 0 aliphatic carbocycles. The largest absolute Gasteiger partial charge is 0.300 e. The van der Waals surface area contributed by atoms with Crippen LogP contribution in [-0.4, -0.2) is 9.55 Å². The molecule has 0 saturated heterocycles. The van der Waals surface area contributed by atoms with Gasteiger partial charge in [0.15, 0.2) is 0 Å². The average molecular weight is 145 g/mol. The van der Waals surface area contributed by atoms with Crippen molar-refractivity contribution in [3.8, 4) is 0 Å². The van der Waals surface area contributed by atoms with Gasteiger partial charge in [-0.15, -0.1) is 0 Å². The van der Waals surface area contributed by atoms with Gasteiger partial charge < -0.3 is 0 Å². The molecule has 0 bridgehead atoms. The highest BCUT2D eigenvalue weighted by Crippen LogP contribution is 1.97. The number of halogens is 1. The summed E-state index contributed by atoms with van der Waals surface area (Å²) in [4.78, 5) is 14.2. The highest BCUT2D eigenvalue weighted by Gasteiger charge is 1.92. The third kappa shape index (κ3) is 1.10. The summed E-state index contributed by atoms with van der Waals surface area (Å²) in [6.07, 6.45) is 2.63. The minimum Gasteiger partial charge on any atom is -0.300 e. The molecular formula is C5H5ClN2O. The highest BCUT2D eigenvalue weighted by molar-refractivity contribution is 6.29. The zero-order valence-electron chi connectivity index (χ0n) is 4.84. The quantitative estimate of drug-likeness (QED) is 0.530. The van der Waals surface area contributed by atoms with Gasteiger partial charge in [0.1, 0.15) is 5.15 Å². The number of rotatable bonds is 0. The zero-order valence-corrected chi connectivity index (χ0v) is 5.59. The van der Waals surface area contributed by atoms with Crippen LogP contribution in [0.4, 0.5) is 0 Å². The van der Waals surface area contributed by atoms with Crippen LogP contribution in [0.5, 0.6) is 0 Å². The molecule has 1 aromatic rings. The predicted octanol–water partition coefficient (Wildman–Crippen LogP) is 0.434. The van der Waals surface area contributed by atoms with Crippen molar-refractivity contribution in [2.24, 2.45) is 7.05 Å². The summed E-state index contributed by atoms with van der Waals surface area (Å²) in [6, 6.07) is 0. The third-order valence-corrected chi connectivity index (χ3v) is 1.37. The van der Waals surface area contributed by atoms with E-state index in [2.05, 4.69) is 4.98 Å². The van der Waals surface area contributed by atoms with E-state index in [0.717, 1.165) is 0 Å². The Kier molecular flexibility index (Phi) is 1.53. The van der Waals surface area contributed by atoms with Crippen molar-refractivity contribution in [1.29, 1.82) is 0 Å². The third-order valence-electron chi connectivity index (χ3n) is 1.02. The minimum atomic E-state index is -0.192. The zero-order chi connectivity index (χ0) is 6.85. The van der Waals surface area contributed by atoms with Crippen molar-refractivity contribution in [3.05, 3.63) is 27.9 Å². The maximum Gasteiger partial charge on any atom is 0.269 e. The van der Waals surface area contributed by atoms with Gasteiger partial charge in [0.25, 0.3) is 5.56 Å². The van der Waals surface area contributed by atoms with Gasteiger partial charge in [-0.3, -0.25) is 14.3 Å². The second-order valence-corrected chi connectivity index (χ2v) is 2.01. The normalized spacial score (nSPS) is 9.56. The Bertz CT molecular complexity index is 268. The molecule has 1 aromatic heterocycles. The summed E-state index contributed by atoms with van der Waals surface area (Å²) in [6.45, 7) is 0. The smallest absolute Gasteiger partial charge is 0.269 e. The van der Waals surface area contributed by atoms with Crippen LogP contribution < -0.4 is 5.56 Å². The van der Waals surface area contributed by atoms with E-state index in [1.54, 1.807) is 7.05 Å². The Morgan fingerprint density at radius 1 is 1.67 bits per heavy atom. The lowest BCUT2D eigenvalue weighted by Crippen LogP contribution is -2.15. The SMILES string of the molecule is Cn1c(Cl)cncc1=O. The molecule has 3 nitrogen and oxygen atoms in total. The number of aromatic nitrogens is 2. The summed E-state index contributed by atoms with van der Waals surface area (Å²) in [7, 11) is 1.59. The molecule has 0 amide bonds. The number of hydrogen-bond donors (Lipinski definition) is 0. The van der Waals surface area contributed by atoms with Gasteiger partial charge in [0, 0.05) is 7.05 Å². The fourth-order valence-corrected chi connectivity index (χ4v) is 0.581. The molecule has 0 aromatic carbocycles. The van der Waals surface area contributed by atoms with Crippen molar-refractivity contribution in [2.75, 3.05) is 0 Å². The molecule has 1 rings (SSSR count). The number of nitrogens with zero attached hydrogens (tertiary/aromatic N) is 2. The van der Waals surface area contributed by atoms with E-state index in [4.69, 9.17) is 11.6 Å². The van der Waals surface area contributed by atoms with E-state index in [-0.39, 0.29) is 5.56 Å². The van der Waals surface area contributed by atoms with Crippen LogP contribution in [-0.2, 0) is 7.05 Å². The molecule has 1 heterocycles. The van der Waals surface area contributed by atoms with Crippen LogP contribution >= 0.6 is 11.6 Å². The van der Waals surface area contributed by atoms with Crippen LogP contribution in [0.3, 0.4) is 0 Å². The molecule has 0 saturated carbocycles.